The maximum Gasteiger partial charge on any atom is 0.156 e. The standard InChI is InChI=1S/C24H32O/c1-3-24-14-11-20-19-10-8-18(25)15-16(19)7-9-21(20)22(24)12-13-23(24,2)17-5-4-6-17/h11,14-15,17,21-22H,3-10,12-13H2,1-2H3/t21?,22-,23+,24-/m0/s1. The second-order valence-electron chi connectivity index (χ2n) is 9.63. The van der Waals surface area contributed by atoms with Crippen molar-refractivity contribution in [1.82, 2.24) is 0 Å². The summed E-state index contributed by atoms with van der Waals surface area (Å²) in [5, 5.41) is 0. The van der Waals surface area contributed by atoms with Crippen LogP contribution in [0.15, 0.2) is 34.9 Å². The fraction of sp³-hybridized carbons (Fsp3) is 0.708. The zero-order valence-corrected chi connectivity index (χ0v) is 15.9. The highest BCUT2D eigenvalue weighted by Crippen LogP contribution is 2.70. The molecule has 0 aliphatic heterocycles. The second-order valence-corrected chi connectivity index (χ2v) is 9.63. The number of rotatable bonds is 2. The fourth-order valence-electron chi connectivity index (χ4n) is 7.54. The summed E-state index contributed by atoms with van der Waals surface area (Å²) in [5.41, 5.74) is 5.50. The molecule has 1 nitrogen and oxygen atoms in total. The Morgan fingerprint density at radius 3 is 2.68 bits per heavy atom. The molecule has 0 saturated heterocycles. The first-order chi connectivity index (χ1) is 12.1. The minimum Gasteiger partial charge on any atom is -0.295 e. The Balaban J connectivity index is 1.60. The van der Waals surface area contributed by atoms with Crippen LogP contribution in [0.3, 0.4) is 0 Å². The fourth-order valence-corrected chi connectivity index (χ4v) is 7.54. The van der Waals surface area contributed by atoms with Gasteiger partial charge in [-0.2, -0.15) is 0 Å². The van der Waals surface area contributed by atoms with Crippen LogP contribution >= 0.6 is 0 Å². The van der Waals surface area contributed by atoms with Gasteiger partial charge in [0, 0.05) is 6.42 Å². The van der Waals surface area contributed by atoms with Gasteiger partial charge in [0.05, 0.1) is 0 Å². The van der Waals surface area contributed by atoms with Gasteiger partial charge in [-0.25, -0.2) is 0 Å². The Kier molecular flexibility index (Phi) is 3.50. The van der Waals surface area contributed by atoms with Gasteiger partial charge in [-0.05, 0) is 103 Å². The van der Waals surface area contributed by atoms with Crippen molar-refractivity contribution in [3.05, 3.63) is 34.9 Å². The average Bonchev–Trinajstić information content (AvgIpc) is 2.86. The quantitative estimate of drug-likeness (QED) is 0.590. The second kappa shape index (κ2) is 5.44. The van der Waals surface area contributed by atoms with Crippen molar-refractivity contribution in [1.29, 1.82) is 0 Å². The van der Waals surface area contributed by atoms with Gasteiger partial charge in [-0.15, -0.1) is 0 Å². The van der Waals surface area contributed by atoms with E-state index in [1.165, 1.54) is 50.5 Å². The minimum atomic E-state index is 0.346. The van der Waals surface area contributed by atoms with Crippen LogP contribution in [-0.4, -0.2) is 5.78 Å². The third-order valence-electron chi connectivity index (χ3n) is 9.15. The molecule has 0 aromatic heterocycles. The lowest BCUT2D eigenvalue weighted by Gasteiger charge is -2.56. The third kappa shape index (κ3) is 1.99. The summed E-state index contributed by atoms with van der Waals surface area (Å²) in [7, 11) is 0. The number of carbonyl (C=O) groups excluding carboxylic acids is 1. The average molecular weight is 337 g/mol. The van der Waals surface area contributed by atoms with E-state index in [9.17, 15) is 4.79 Å². The molecule has 0 bridgehead atoms. The van der Waals surface area contributed by atoms with Gasteiger partial charge in [0.15, 0.2) is 5.78 Å². The zero-order valence-electron chi connectivity index (χ0n) is 15.9. The van der Waals surface area contributed by atoms with Crippen molar-refractivity contribution in [2.45, 2.75) is 78.1 Å². The molecule has 134 valence electrons. The van der Waals surface area contributed by atoms with Crippen molar-refractivity contribution in [3.8, 4) is 0 Å². The summed E-state index contributed by atoms with van der Waals surface area (Å²) < 4.78 is 0. The lowest BCUT2D eigenvalue weighted by molar-refractivity contribution is -0.114. The lowest BCUT2D eigenvalue weighted by atomic mass is 9.48. The van der Waals surface area contributed by atoms with Crippen LogP contribution in [0.2, 0.25) is 0 Å². The predicted molar refractivity (Wildman–Crippen MR) is 102 cm³/mol. The highest BCUT2D eigenvalue weighted by atomic mass is 16.1. The molecule has 2 fully saturated rings. The molecule has 5 aliphatic carbocycles. The molecule has 2 saturated carbocycles. The minimum absolute atomic E-state index is 0.346. The van der Waals surface area contributed by atoms with Crippen LogP contribution in [0.1, 0.15) is 78.1 Å². The van der Waals surface area contributed by atoms with E-state index in [0.717, 1.165) is 37.0 Å². The summed E-state index contributed by atoms with van der Waals surface area (Å²) in [6, 6.07) is 0. The third-order valence-corrected chi connectivity index (χ3v) is 9.15. The van der Waals surface area contributed by atoms with E-state index in [1.807, 2.05) is 6.08 Å². The van der Waals surface area contributed by atoms with Gasteiger partial charge in [0.2, 0.25) is 0 Å². The number of ketones is 1. The Morgan fingerprint density at radius 1 is 1.12 bits per heavy atom. The molecule has 25 heavy (non-hydrogen) atoms. The SMILES string of the molecule is CC[C@]12C=CC3=C4CCC(=O)C=C4CCC3[C@@H]1CC[C@]2(C)C1CCC1. The van der Waals surface area contributed by atoms with Crippen molar-refractivity contribution in [2.75, 3.05) is 0 Å². The number of fused-ring (bicyclic) bond motifs is 4. The van der Waals surface area contributed by atoms with Crippen LogP contribution < -0.4 is 0 Å². The number of carbonyl (C=O) groups is 1. The number of hydrogen-bond acceptors (Lipinski definition) is 1. The maximum atomic E-state index is 11.8. The van der Waals surface area contributed by atoms with Crippen LogP contribution in [0, 0.1) is 28.6 Å². The molecule has 0 N–H and O–H groups in total. The van der Waals surface area contributed by atoms with Gasteiger partial charge in [0.25, 0.3) is 0 Å². The molecule has 4 atom stereocenters. The van der Waals surface area contributed by atoms with Gasteiger partial charge >= 0.3 is 0 Å². The topological polar surface area (TPSA) is 17.1 Å². The van der Waals surface area contributed by atoms with E-state index in [2.05, 4.69) is 26.0 Å². The molecule has 0 amide bonds. The lowest BCUT2D eigenvalue weighted by Crippen LogP contribution is -2.48. The van der Waals surface area contributed by atoms with Crippen molar-refractivity contribution in [2.24, 2.45) is 28.6 Å². The first kappa shape index (κ1) is 16.1. The first-order valence-corrected chi connectivity index (χ1v) is 10.7. The molecule has 0 radical (unpaired) electrons. The van der Waals surface area contributed by atoms with E-state index in [4.69, 9.17) is 0 Å². The van der Waals surface area contributed by atoms with Crippen LogP contribution in [0.4, 0.5) is 0 Å². The molecule has 0 spiro atoms. The maximum absolute atomic E-state index is 11.8. The van der Waals surface area contributed by atoms with Crippen molar-refractivity contribution in [3.63, 3.8) is 0 Å². The summed E-state index contributed by atoms with van der Waals surface area (Å²) in [6.45, 7) is 5.08. The molecule has 1 heteroatoms. The largest absolute Gasteiger partial charge is 0.295 e. The first-order valence-electron chi connectivity index (χ1n) is 10.7. The highest BCUT2D eigenvalue weighted by Gasteiger charge is 2.61. The monoisotopic (exact) mass is 336 g/mol. The molecule has 0 heterocycles. The summed E-state index contributed by atoms with van der Waals surface area (Å²) in [4.78, 5) is 11.8. The van der Waals surface area contributed by atoms with Crippen LogP contribution in [0.5, 0.6) is 0 Å². The van der Waals surface area contributed by atoms with E-state index in [0.29, 0.717) is 16.6 Å². The summed E-state index contributed by atoms with van der Waals surface area (Å²) >= 11 is 0. The smallest absolute Gasteiger partial charge is 0.156 e. The van der Waals surface area contributed by atoms with Gasteiger partial charge in [-0.1, -0.05) is 32.4 Å². The highest BCUT2D eigenvalue weighted by molar-refractivity contribution is 5.93. The molecule has 0 aromatic rings. The Morgan fingerprint density at radius 2 is 1.96 bits per heavy atom. The molecule has 5 aliphatic rings. The summed E-state index contributed by atoms with van der Waals surface area (Å²) in [5.74, 6) is 2.91. The van der Waals surface area contributed by atoms with Gasteiger partial charge in [-0.3, -0.25) is 4.79 Å². The van der Waals surface area contributed by atoms with Crippen LogP contribution in [0.25, 0.3) is 0 Å². The van der Waals surface area contributed by atoms with E-state index >= 15 is 0 Å². The molecular formula is C24H32O. The van der Waals surface area contributed by atoms with E-state index in [-0.39, 0.29) is 0 Å². The number of hydrogen-bond donors (Lipinski definition) is 0. The Bertz CT molecular complexity index is 704. The molecule has 5 rings (SSSR count). The predicted octanol–water partition coefficient (Wildman–Crippen LogP) is 6.16. The van der Waals surface area contributed by atoms with E-state index < -0.39 is 0 Å². The Labute approximate surface area is 152 Å². The van der Waals surface area contributed by atoms with Crippen molar-refractivity contribution < 1.29 is 4.79 Å². The molecular weight excluding hydrogens is 304 g/mol. The normalized spacial score (nSPS) is 43.3. The van der Waals surface area contributed by atoms with E-state index in [1.54, 1.807) is 11.1 Å². The molecule has 0 aromatic carbocycles. The van der Waals surface area contributed by atoms with Crippen LogP contribution in [-0.2, 0) is 4.79 Å². The van der Waals surface area contributed by atoms with Gasteiger partial charge in [0.1, 0.15) is 0 Å². The van der Waals surface area contributed by atoms with Gasteiger partial charge < -0.3 is 0 Å². The summed E-state index contributed by atoms with van der Waals surface area (Å²) in [6.07, 6.45) is 19.8. The molecule has 1 unspecified atom stereocenters. The Hall–Kier alpha value is -1.11. The zero-order chi connectivity index (χ0) is 17.2. The van der Waals surface area contributed by atoms with Crippen molar-refractivity contribution >= 4 is 5.78 Å². The number of allylic oxidation sites excluding steroid dienone is 6.